The first-order valence-corrected chi connectivity index (χ1v) is 8.68. The monoisotopic (exact) mass is 350 g/mol. The molecule has 6 heteroatoms. The van der Waals surface area contributed by atoms with Crippen molar-refractivity contribution in [2.45, 2.75) is 11.8 Å². The van der Waals surface area contributed by atoms with Gasteiger partial charge in [-0.05, 0) is 42.8 Å². The lowest BCUT2D eigenvalue weighted by Crippen LogP contribution is -2.02. The van der Waals surface area contributed by atoms with E-state index < -0.39 is 15.8 Å². The van der Waals surface area contributed by atoms with Crippen LogP contribution in [0.25, 0.3) is 5.57 Å². The summed E-state index contributed by atoms with van der Waals surface area (Å²) in [5.41, 5.74) is 0.627. The molecular weight excluding hydrogens is 336 g/mol. The number of carboxylic acid groups (broad SMARTS) is 1. The van der Waals surface area contributed by atoms with Crippen molar-refractivity contribution in [3.8, 4) is 12.3 Å². The van der Waals surface area contributed by atoms with Gasteiger partial charge in [0.25, 0.3) is 0 Å². The van der Waals surface area contributed by atoms with E-state index in [0.29, 0.717) is 16.2 Å². The molecule has 0 aliphatic rings. The van der Waals surface area contributed by atoms with Gasteiger partial charge in [0.2, 0.25) is 0 Å². The van der Waals surface area contributed by atoms with E-state index in [9.17, 15) is 18.3 Å². The molecule has 1 aromatic carbocycles. The molecule has 0 aliphatic heterocycles. The van der Waals surface area contributed by atoms with Gasteiger partial charge in [0.1, 0.15) is 0 Å². The van der Waals surface area contributed by atoms with Crippen LogP contribution in [0.5, 0.6) is 0 Å². The molecule has 0 bridgehead atoms. The molecule has 0 radical (unpaired) electrons. The Labute approximate surface area is 140 Å². The van der Waals surface area contributed by atoms with Crippen LogP contribution in [0.1, 0.15) is 12.5 Å². The van der Waals surface area contributed by atoms with Gasteiger partial charge in [0.05, 0.1) is 10.5 Å². The second kappa shape index (κ2) is 7.82. The maximum Gasteiger partial charge on any atom is 0.336 e. The van der Waals surface area contributed by atoms with Crippen molar-refractivity contribution < 1.29 is 18.3 Å². The molecular formula is C17H15ClO4S. The lowest BCUT2D eigenvalue weighted by molar-refractivity contribution is -0.130. The molecule has 0 unspecified atom stereocenters. The second-order valence-electron chi connectivity index (χ2n) is 4.68. The Morgan fingerprint density at radius 1 is 1.26 bits per heavy atom. The summed E-state index contributed by atoms with van der Waals surface area (Å²) in [6, 6.07) is 5.55. The topological polar surface area (TPSA) is 71.4 Å². The smallest absolute Gasteiger partial charge is 0.336 e. The average molecular weight is 351 g/mol. The zero-order valence-electron chi connectivity index (χ0n) is 12.6. The molecule has 1 aromatic rings. The molecule has 0 heterocycles. The number of benzene rings is 1. The number of allylic oxidation sites excluding steroid dienone is 5. The number of terminal acetylenes is 1. The number of rotatable bonds is 5. The predicted molar refractivity (Wildman–Crippen MR) is 91.7 cm³/mol. The molecule has 0 saturated carbocycles. The summed E-state index contributed by atoms with van der Waals surface area (Å²) in [6.45, 7) is 1.66. The fourth-order valence-electron chi connectivity index (χ4n) is 1.65. The highest BCUT2D eigenvalue weighted by Crippen LogP contribution is 2.20. The fourth-order valence-corrected chi connectivity index (χ4v) is 2.34. The number of hydrogen-bond acceptors (Lipinski definition) is 3. The Morgan fingerprint density at radius 2 is 1.83 bits per heavy atom. The Balaban J connectivity index is 3.35. The van der Waals surface area contributed by atoms with E-state index in [1.54, 1.807) is 13.0 Å². The molecule has 1 N–H and O–H groups in total. The van der Waals surface area contributed by atoms with Crippen molar-refractivity contribution >= 4 is 33.0 Å². The predicted octanol–water partition coefficient (Wildman–Crippen LogP) is 3.26. The highest BCUT2D eigenvalue weighted by Gasteiger charge is 2.13. The number of halogens is 1. The van der Waals surface area contributed by atoms with E-state index in [1.807, 2.05) is 0 Å². The van der Waals surface area contributed by atoms with Crippen LogP contribution in [-0.2, 0) is 14.6 Å². The molecule has 1 rings (SSSR count). The molecule has 0 amide bonds. The first-order valence-electron chi connectivity index (χ1n) is 6.41. The maximum atomic E-state index is 11.4. The first-order chi connectivity index (χ1) is 10.6. The molecule has 0 fully saturated rings. The van der Waals surface area contributed by atoms with Gasteiger partial charge in [-0.1, -0.05) is 29.7 Å². The summed E-state index contributed by atoms with van der Waals surface area (Å²) in [6.07, 6.45) is 10.8. The van der Waals surface area contributed by atoms with E-state index in [2.05, 4.69) is 5.92 Å². The quantitative estimate of drug-likeness (QED) is 0.502. The molecule has 23 heavy (non-hydrogen) atoms. The van der Waals surface area contributed by atoms with Crippen molar-refractivity contribution in [2.75, 3.05) is 6.26 Å². The Kier molecular flexibility index (Phi) is 6.38. The third kappa shape index (κ3) is 5.78. The van der Waals surface area contributed by atoms with Crippen LogP contribution in [0, 0.1) is 12.3 Å². The van der Waals surface area contributed by atoms with Crippen molar-refractivity contribution in [1.29, 1.82) is 0 Å². The largest absolute Gasteiger partial charge is 0.478 e. The van der Waals surface area contributed by atoms with E-state index in [-0.39, 0.29) is 10.5 Å². The lowest BCUT2D eigenvalue weighted by atomic mass is 10.0. The molecule has 4 nitrogen and oxygen atoms in total. The number of hydrogen-bond donors (Lipinski definition) is 1. The van der Waals surface area contributed by atoms with Gasteiger partial charge in [0.15, 0.2) is 9.84 Å². The van der Waals surface area contributed by atoms with Crippen LogP contribution in [0.15, 0.2) is 58.0 Å². The van der Waals surface area contributed by atoms with E-state index in [0.717, 1.165) is 6.26 Å². The third-order valence-electron chi connectivity index (χ3n) is 2.78. The van der Waals surface area contributed by atoms with Crippen LogP contribution in [0.2, 0.25) is 0 Å². The van der Waals surface area contributed by atoms with Gasteiger partial charge >= 0.3 is 5.97 Å². The third-order valence-corrected chi connectivity index (χ3v) is 4.04. The van der Waals surface area contributed by atoms with Crippen LogP contribution in [0.3, 0.4) is 0 Å². The highest BCUT2D eigenvalue weighted by atomic mass is 35.5. The van der Waals surface area contributed by atoms with Crippen LogP contribution < -0.4 is 0 Å². The van der Waals surface area contributed by atoms with E-state index in [4.69, 9.17) is 18.0 Å². The SMILES string of the molecule is C#CC(=C\C=C(/C)Cl)/C=C(/C(=O)O)c1ccc(S(C)(=O)=O)cc1. The minimum Gasteiger partial charge on any atom is -0.478 e. The summed E-state index contributed by atoms with van der Waals surface area (Å²) in [5.74, 6) is 1.19. The number of aliphatic carboxylic acids is 1. The van der Waals surface area contributed by atoms with Gasteiger partial charge in [-0.15, -0.1) is 6.42 Å². The molecule has 0 aliphatic carbocycles. The van der Waals surface area contributed by atoms with Gasteiger partial charge in [-0.3, -0.25) is 0 Å². The number of sulfone groups is 1. The van der Waals surface area contributed by atoms with Crippen molar-refractivity contribution in [3.05, 3.63) is 58.7 Å². The summed E-state index contributed by atoms with van der Waals surface area (Å²) < 4.78 is 22.9. The fraction of sp³-hybridized carbons (Fsp3) is 0.118. The molecule has 120 valence electrons. The van der Waals surface area contributed by atoms with Gasteiger partial charge in [0, 0.05) is 16.9 Å². The standard InChI is InChI=1S/C17H15ClO4S/c1-4-13(6-5-12(2)18)11-16(17(19)20)14-7-9-15(10-8-14)23(3,21)22/h1,5-11H,2-3H3,(H,19,20)/b12-5+,13-6+,16-11+. The molecule has 0 spiro atoms. The van der Waals surface area contributed by atoms with Gasteiger partial charge < -0.3 is 5.11 Å². The van der Waals surface area contributed by atoms with Crippen LogP contribution in [-0.4, -0.2) is 25.7 Å². The van der Waals surface area contributed by atoms with Gasteiger partial charge in [-0.2, -0.15) is 0 Å². The second-order valence-corrected chi connectivity index (χ2v) is 7.29. The molecule has 0 saturated heterocycles. The summed E-state index contributed by atoms with van der Waals surface area (Å²) >= 11 is 5.71. The average Bonchev–Trinajstić information content (AvgIpc) is 2.46. The molecule has 0 atom stereocenters. The van der Waals surface area contributed by atoms with Crippen molar-refractivity contribution in [2.24, 2.45) is 0 Å². The zero-order valence-corrected chi connectivity index (χ0v) is 14.1. The first kappa shape index (κ1) is 18.8. The normalized spacial score (nSPS) is 13.6. The van der Waals surface area contributed by atoms with Gasteiger partial charge in [-0.25, -0.2) is 13.2 Å². The minimum atomic E-state index is -3.34. The Morgan fingerprint density at radius 3 is 2.22 bits per heavy atom. The van der Waals surface area contributed by atoms with E-state index in [1.165, 1.54) is 36.4 Å². The summed E-state index contributed by atoms with van der Waals surface area (Å²) in [5, 5.41) is 9.85. The van der Waals surface area contributed by atoms with Crippen LogP contribution in [0.4, 0.5) is 0 Å². The van der Waals surface area contributed by atoms with Crippen LogP contribution >= 0.6 is 11.6 Å². The number of carboxylic acids is 1. The van der Waals surface area contributed by atoms with Crippen molar-refractivity contribution in [1.82, 2.24) is 0 Å². The molecule has 0 aromatic heterocycles. The minimum absolute atomic E-state index is 0.0464. The van der Waals surface area contributed by atoms with Crippen molar-refractivity contribution in [3.63, 3.8) is 0 Å². The maximum absolute atomic E-state index is 11.4. The highest BCUT2D eigenvalue weighted by molar-refractivity contribution is 7.90. The lowest BCUT2D eigenvalue weighted by Gasteiger charge is -2.04. The number of carbonyl (C=O) groups is 1. The summed E-state index contributed by atoms with van der Waals surface area (Å²) in [4.78, 5) is 11.6. The Bertz CT molecular complexity index is 832. The summed E-state index contributed by atoms with van der Waals surface area (Å²) in [7, 11) is -3.34. The Hall–Kier alpha value is -2.29. The van der Waals surface area contributed by atoms with E-state index >= 15 is 0 Å². The zero-order chi connectivity index (χ0) is 17.6.